The maximum absolute atomic E-state index is 12.6. The summed E-state index contributed by atoms with van der Waals surface area (Å²) in [4.78, 5) is 25.1. The van der Waals surface area contributed by atoms with Crippen molar-refractivity contribution in [3.05, 3.63) is 50.9 Å². The molecular formula is C20H21Br2N3O4. The van der Waals surface area contributed by atoms with Gasteiger partial charge in [0.1, 0.15) is 17.4 Å². The highest BCUT2D eigenvalue weighted by molar-refractivity contribution is 9.11. The number of nitrogens with zero attached hydrogens (tertiary/aromatic N) is 1. The van der Waals surface area contributed by atoms with Gasteiger partial charge in [-0.1, -0.05) is 13.8 Å². The van der Waals surface area contributed by atoms with E-state index in [2.05, 4.69) is 47.7 Å². The predicted molar refractivity (Wildman–Crippen MR) is 119 cm³/mol. The molecule has 29 heavy (non-hydrogen) atoms. The van der Waals surface area contributed by atoms with Gasteiger partial charge in [0, 0.05) is 5.69 Å². The summed E-state index contributed by atoms with van der Waals surface area (Å²) in [7, 11) is 1.56. The Balaban J connectivity index is 2.05. The second-order valence-corrected chi connectivity index (χ2v) is 8.22. The zero-order valence-electron chi connectivity index (χ0n) is 16.1. The molecule has 0 spiro atoms. The van der Waals surface area contributed by atoms with Crippen LogP contribution in [-0.4, -0.2) is 30.2 Å². The summed E-state index contributed by atoms with van der Waals surface area (Å²) < 4.78 is 6.06. The molecule has 2 aromatic carbocycles. The molecule has 0 saturated carbocycles. The molecule has 0 aliphatic rings. The number of methoxy groups -OCH3 is 1. The van der Waals surface area contributed by atoms with Crippen molar-refractivity contribution >= 4 is 55.6 Å². The Hall–Kier alpha value is -2.39. The summed E-state index contributed by atoms with van der Waals surface area (Å²) in [6.07, 6.45) is 1.42. The number of nitrogens with one attached hydrogen (secondary N) is 2. The van der Waals surface area contributed by atoms with E-state index in [1.807, 2.05) is 0 Å². The number of hydrazone groups is 1. The zero-order valence-corrected chi connectivity index (χ0v) is 19.2. The lowest BCUT2D eigenvalue weighted by Crippen LogP contribution is -2.39. The summed E-state index contributed by atoms with van der Waals surface area (Å²) in [5.74, 6) is -1.36. The third-order valence-electron chi connectivity index (χ3n) is 4.02. The molecule has 1 unspecified atom stereocenters. The first-order chi connectivity index (χ1) is 13.7. The molecule has 0 bridgehead atoms. The van der Waals surface area contributed by atoms with Crippen molar-refractivity contribution < 1.29 is 19.4 Å². The summed E-state index contributed by atoms with van der Waals surface area (Å²) in [5, 5.41) is 16.4. The molecule has 3 N–H and O–H groups in total. The van der Waals surface area contributed by atoms with Gasteiger partial charge in [0.05, 0.1) is 22.3 Å². The molecule has 0 aliphatic carbocycles. The van der Waals surface area contributed by atoms with Crippen molar-refractivity contribution in [1.29, 1.82) is 0 Å². The highest BCUT2D eigenvalue weighted by Crippen LogP contribution is 2.32. The third-order valence-corrected chi connectivity index (χ3v) is 5.23. The highest BCUT2D eigenvalue weighted by Gasteiger charge is 2.29. The molecule has 2 aromatic rings. The molecule has 9 heteroatoms. The molecule has 7 nitrogen and oxygen atoms in total. The number of amides is 2. The average molecular weight is 527 g/mol. The Morgan fingerprint density at radius 3 is 2.21 bits per heavy atom. The smallest absolute Gasteiger partial charge is 0.252 e. The number of carbonyl (C=O) groups is 2. The van der Waals surface area contributed by atoms with E-state index in [0.717, 1.165) is 0 Å². The van der Waals surface area contributed by atoms with Gasteiger partial charge in [-0.25, -0.2) is 5.43 Å². The van der Waals surface area contributed by atoms with Crippen LogP contribution >= 0.6 is 31.9 Å². The van der Waals surface area contributed by atoms with Gasteiger partial charge in [-0.3, -0.25) is 9.59 Å². The van der Waals surface area contributed by atoms with Gasteiger partial charge in [-0.15, -0.1) is 0 Å². The van der Waals surface area contributed by atoms with Gasteiger partial charge in [0.25, 0.3) is 5.91 Å². The quantitative estimate of drug-likeness (QED) is 0.284. The Bertz CT molecular complexity index is 891. The van der Waals surface area contributed by atoms with Crippen LogP contribution in [0.3, 0.4) is 0 Å². The predicted octanol–water partition coefficient (Wildman–Crippen LogP) is 4.29. The van der Waals surface area contributed by atoms with E-state index >= 15 is 0 Å². The zero-order chi connectivity index (χ0) is 21.6. The molecule has 0 aliphatic heterocycles. The molecular weight excluding hydrogens is 506 g/mol. The molecule has 0 saturated heterocycles. The lowest BCUT2D eigenvalue weighted by atomic mass is 9.94. The Morgan fingerprint density at radius 1 is 1.10 bits per heavy atom. The minimum atomic E-state index is -0.924. The summed E-state index contributed by atoms with van der Waals surface area (Å²) in [6.45, 7) is 3.57. The maximum atomic E-state index is 12.6. The normalized spacial score (nSPS) is 12.1. The van der Waals surface area contributed by atoms with Crippen molar-refractivity contribution in [2.24, 2.45) is 16.9 Å². The van der Waals surface area contributed by atoms with Gasteiger partial charge in [0.2, 0.25) is 5.91 Å². The van der Waals surface area contributed by atoms with E-state index in [1.165, 1.54) is 6.21 Å². The van der Waals surface area contributed by atoms with Crippen molar-refractivity contribution in [2.75, 3.05) is 12.4 Å². The number of halogens is 2. The number of hydrogen-bond acceptors (Lipinski definition) is 5. The fourth-order valence-corrected chi connectivity index (χ4v) is 3.74. The number of ether oxygens (including phenoxy) is 1. The number of rotatable bonds is 7. The first kappa shape index (κ1) is 22.9. The van der Waals surface area contributed by atoms with Crippen molar-refractivity contribution in [1.82, 2.24) is 5.43 Å². The fourth-order valence-electron chi connectivity index (χ4n) is 2.52. The van der Waals surface area contributed by atoms with Gasteiger partial charge >= 0.3 is 0 Å². The molecule has 0 radical (unpaired) electrons. The molecule has 2 rings (SSSR count). The molecule has 154 valence electrons. The third kappa shape index (κ3) is 6.30. The van der Waals surface area contributed by atoms with E-state index in [-0.39, 0.29) is 11.7 Å². The van der Waals surface area contributed by atoms with E-state index in [9.17, 15) is 14.7 Å². The summed E-state index contributed by atoms with van der Waals surface area (Å²) >= 11 is 6.46. The van der Waals surface area contributed by atoms with E-state index in [4.69, 9.17) is 4.74 Å². The second kappa shape index (κ2) is 10.4. The largest absolute Gasteiger partial charge is 0.506 e. The number of hydrogen-bond donors (Lipinski definition) is 3. The standard InChI is InChI=1S/C20H21Br2N3O4/c1-11(2)17(19(27)24-13-4-6-14(29-3)7-5-13)20(28)25-23-10-12-8-15(21)18(26)16(22)9-12/h4-11,17,26H,1-3H3,(H,24,27)(H,25,28)/b23-10+. The van der Waals surface area contributed by atoms with Crippen molar-refractivity contribution in [3.63, 3.8) is 0 Å². The first-order valence-electron chi connectivity index (χ1n) is 8.68. The van der Waals surface area contributed by atoms with Gasteiger partial charge < -0.3 is 15.2 Å². The van der Waals surface area contributed by atoms with Crippen molar-refractivity contribution in [2.45, 2.75) is 13.8 Å². The minimum Gasteiger partial charge on any atom is -0.506 e. The number of phenols is 1. The molecule has 1 atom stereocenters. The SMILES string of the molecule is COc1ccc(NC(=O)C(C(=O)N/N=C/c2cc(Br)c(O)c(Br)c2)C(C)C)cc1. The number of phenolic OH excluding ortho intramolecular Hbond substituents is 1. The monoisotopic (exact) mass is 525 g/mol. The van der Waals surface area contributed by atoms with E-state index in [0.29, 0.717) is 25.9 Å². The van der Waals surface area contributed by atoms with E-state index < -0.39 is 17.7 Å². The number of anilines is 1. The molecule has 0 fully saturated rings. The Kier molecular flexibility index (Phi) is 8.21. The van der Waals surface area contributed by atoms with Crippen LogP contribution in [0.15, 0.2) is 50.4 Å². The number of carbonyl (C=O) groups excluding carboxylic acids is 2. The highest BCUT2D eigenvalue weighted by atomic mass is 79.9. The lowest BCUT2D eigenvalue weighted by Gasteiger charge is -2.18. The van der Waals surface area contributed by atoms with Crippen LogP contribution in [0, 0.1) is 11.8 Å². The maximum Gasteiger partial charge on any atom is 0.252 e. The summed E-state index contributed by atoms with van der Waals surface area (Å²) in [6, 6.07) is 10.1. The van der Waals surface area contributed by atoms with Gasteiger partial charge in [0.15, 0.2) is 0 Å². The minimum absolute atomic E-state index is 0.0706. The second-order valence-electron chi connectivity index (χ2n) is 6.51. The van der Waals surface area contributed by atoms with Crippen LogP contribution in [0.1, 0.15) is 19.4 Å². The Morgan fingerprint density at radius 2 is 1.69 bits per heavy atom. The van der Waals surface area contributed by atoms with Crippen LogP contribution in [0.25, 0.3) is 0 Å². The van der Waals surface area contributed by atoms with Crippen molar-refractivity contribution in [3.8, 4) is 11.5 Å². The first-order valence-corrected chi connectivity index (χ1v) is 10.3. The van der Waals surface area contributed by atoms with Crippen LogP contribution in [-0.2, 0) is 9.59 Å². The van der Waals surface area contributed by atoms with Crippen LogP contribution in [0.2, 0.25) is 0 Å². The molecule has 0 heterocycles. The van der Waals surface area contributed by atoms with E-state index in [1.54, 1.807) is 57.4 Å². The summed E-state index contributed by atoms with van der Waals surface area (Å²) in [5.41, 5.74) is 3.62. The fraction of sp³-hybridized carbons (Fsp3) is 0.250. The average Bonchev–Trinajstić information content (AvgIpc) is 2.66. The number of aromatic hydroxyl groups is 1. The van der Waals surface area contributed by atoms with Gasteiger partial charge in [-0.2, -0.15) is 5.10 Å². The topological polar surface area (TPSA) is 100 Å². The lowest BCUT2D eigenvalue weighted by molar-refractivity contribution is -0.134. The molecule has 2 amide bonds. The van der Waals surface area contributed by atoms with Gasteiger partial charge in [-0.05, 0) is 79.7 Å². The Labute approximate surface area is 185 Å². The van der Waals surface area contributed by atoms with Crippen LogP contribution in [0.4, 0.5) is 5.69 Å². The van der Waals surface area contributed by atoms with Crippen LogP contribution < -0.4 is 15.5 Å². The number of benzene rings is 2. The molecule has 0 aromatic heterocycles. The van der Waals surface area contributed by atoms with Crippen LogP contribution in [0.5, 0.6) is 11.5 Å².